The van der Waals surface area contributed by atoms with Crippen LogP contribution in [0.1, 0.15) is 67.9 Å². The van der Waals surface area contributed by atoms with Crippen LogP contribution in [0.4, 0.5) is 0 Å². The number of hydrazone groups is 2. The second kappa shape index (κ2) is 18.7. The van der Waals surface area contributed by atoms with Gasteiger partial charge in [-0.05, 0) is 56.0 Å². The van der Waals surface area contributed by atoms with Gasteiger partial charge in [0, 0.05) is 25.2 Å². The number of benzene rings is 4. The van der Waals surface area contributed by atoms with Gasteiger partial charge in [-0.2, -0.15) is 10.2 Å². The highest BCUT2D eigenvalue weighted by molar-refractivity contribution is 6.03. The highest BCUT2D eigenvalue weighted by Crippen LogP contribution is 2.11. The molecule has 0 unspecified atom stereocenters. The van der Waals surface area contributed by atoms with Crippen molar-refractivity contribution in [2.75, 3.05) is 0 Å². The summed E-state index contributed by atoms with van der Waals surface area (Å²) in [6, 6.07) is 33.4. The Labute approximate surface area is 315 Å². The molecule has 0 saturated carbocycles. The molecule has 1 aromatic heterocycles. The largest absolute Gasteiger partial charge is 0.340 e. The summed E-state index contributed by atoms with van der Waals surface area (Å²) in [6.45, 7) is 7.54. The molecule has 274 valence electrons. The molecule has 11 heteroatoms. The van der Waals surface area contributed by atoms with Crippen LogP contribution in [0, 0.1) is 13.8 Å². The molecule has 0 aliphatic heterocycles. The predicted molar refractivity (Wildman–Crippen MR) is 210 cm³/mol. The SMILES string of the molecule is C/C(=N\NC(=O)[C@H](Cc1ccccc1)NC(=O)c1cncc(C(=O)N[C@@H](Cc2ccccc2)C(=O)N/N=C(\C)c2ccc(C)cc2)c1)c1ccc(C)cc1. The maximum atomic E-state index is 13.6. The molecular weight excluding hydrogens is 679 g/mol. The third-order valence-electron chi connectivity index (χ3n) is 8.68. The first-order chi connectivity index (χ1) is 26.0. The normalized spacial score (nSPS) is 12.6. The average molecular weight is 722 g/mol. The van der Waals surface area contributed by atoms with E-state index in [1.807, 2.05) is 123 Å². The topological polar surface area (TPSA) is 154 Å². The highest BCUT2D eigenvalue weighted by Gasteiger charge is 2.25. The fraction of sp³-hybridized carbons (Fsp3) is 0.186. The molecule has 0 aliphatic rings. The van der Waals surface area contributed by atoms with E-state index < -0.39 is 35.7 Å². The number of carbonyl (C=O) groups excluding carboxylic acids is 4. The summed E-state index contributed by atoms with van der Waals surface area (Å²) in [5.74, 6) is -2.27. The maximum absolute atomic E-state index is 13.6. The van der Waals surface area contributed by atoms with Crippen LogP contribution in [-0.4, -0.2) is 52.1 Å². The maximum Gasteiger partial charge on any atom is 0.262 e. The Morgan fingerprint density at radius 3 is 1.28 bits per heavy atom. The van der Waals surface area contributed by atoms with Gasteiger partial charge in [0.25, 0.3) is 23.6 Å². The smallest absolute Gasteiger partial charge is 0.262 e. The summed E-state index contributed by atoms with van der Waals surface area (Å²) >= 11 is 0. The molecule has 2 atom stereocenters. The van der Waals surface area contributed by atoms with E-state index in [9.17, 15) is 19.2 Å². The van der Waals surface area contributed by atoms with Crippen molar-refractivity contribution in [1.82, 2.24) is 26.5 Å². The molecule has 4 amide bonds. The number of hydrogen-bond donors (Lipinski definition) is 4. The zero-order valence-electron chi connectivity index (χ0n) is 30.7. The van der Waals surface area contributed by atoms with E-state index in [-0.39, 0.29) is 24.0 Å². The van der Waals surface area contributed by atoms with Crippen molar-refractivity contribution in [3.05, 3.63) is 172 Å². The van der Waals surface area contributed by atoms with Crippen LogP contribution < -0.4 is 21.5 Å². The second-order valence-corrected chi connectivity index (χ2v) is 13.0. The van der Waals surface area contributed by atoms with E-state index in [0.29, 0.717) is 11.4 Å². The van der Waals surface area contributed by atoms with Crippen LogP contribution in [0.3, 0.4) is 0 Å². The van der Waals surface area contributed by atoms with Crippen molar-refractivity contribution in [1.29, 1.82) is 0 Å². The van der Waals surface area contributed by atoms with E-state index in [1.165, 1.54) is 18.5 Å². The Bertz CT molecular complexity index is 1980. The highest BCUT2D eigenvalue weighted by atomic mass is 16.2. The fourth-order valence-electron chi connectivity index (χ4n) is 5.44. The van der Waals surface area contributed by atoms with Gasteiger partial charge >= 0.3 is 0 Å². The van der Waals surface area contributed by atoms with Gasteiger partial charge < -0.3 is 10.6 Å². The van der Waals surface area contributed by atoms with Gasteiger partial charge in [0.15, 0.2) is 0 Å². The number of amides is 4. The monoisotopic (exact) mass is 721 g/mol. The van der Waals surface area contributed by atoms with Gasteiger partial charge in [-0.1, -0.05) is 120 Å². The number of aromatic nitrogens is 1. The lowest BCUT2D eigenvalue weighted by atomic mass is 10.0. The molecule has 5 aromatic rings. The minimum Gasteiger partial charge on any atom is -0.340 e. The molecule has 1 heterocycles. The van der Waals surface area contributed by atoms with Crippen molar-refractivity contribution in [3.63, 3.8) is 0 Å². The van der Waals surface area contributed by atoms with Crippen LogP contribution in [0.2, 0.25) is 0 Å². The summed E-state index contributed by atoms with van der Waals surface area (Å²) in [5.41, 5.74) is 12.0. The Morgan fingerprint density at radius 2 is 0.907 bits per heavy atom. The predicted octanol–water partition coefficient (Wildman–Crippen LogP) is 5.46. The summed E-state index contributed by atoms with van der Waals surface area (Å²) < 4.78 is 0. The third kappa shape index (κ3) is 11.1. The molecule has 4 N–H and O–H groups in total. The van der Waals surface area contributed by atoms with Crippen LogP contribution >= 0.6 is 0 Å². The summed E-state index contributed by atoms with van der Waals surface area (Å²) in [7, 11) is 0. The number of hydrogen-bond acceptors (Lipinski definition) is 7. The summed E-state index contributed by atoms with van der Waals surface area (Å²) in [5, 5.41) is 14.1. The fourth-order valence-corrected chi connectivity index (χ4v) is 5.44. The minimum absolute atomic E-state index is 0.0511. The first kappa shape index (κ1) is 38.5. The number of nitrogens with zero attached hydrogens (tertiary/aromatic N) is 3. The Morgan fingerprint density at radius 1 is 0.537 bits per heavy atom. The van der Waals surface area contributed by atoms with Crippen molar-refractivity contribution in [3.8, 4) is 0 Å². The van der Waals surface area contributed by atoms with Crippen LogP contribution in [0.5, 0.6) is 0 Å². The zero-order chi connectivity index (χ0) is 38.5. The molecule has 0 bridgehead atoms. The molecule has 0 fully saturated rings. The van der Waals surface area contributed by atoms with E-state index in [0.717, 1.165) is 33.4 Å². The van der Waals surface area contributed by atoms with Crippen molar-refractivity contribution in [2.45, 2.75) is 52.6 Å². The first-order valence-corrected chi connectivity index (χ1v) is 17.5. The standard InChI is InChI=1S/C43H43N7O4/c1-28-15-19-34(20-16-28)30(3)47-49-42(53)38(23-32-11-7-5-8-12-32)45-40(51)36-25-37(27-44-26-36)41(52)46-39(24-33-13-9-6-10-14-33)43(54)50-48-31(4)35-21-17-29(2)18-22-35/h5-22,25-27,38-39H,23-24H2,1-4H3,(H,45,51)(H,46,52)(H,49,53)(H,50,54)/b47-30+,48-31+/t38-,39-/m0/s1. The quantitative estimate of drug-likeness (QED) is 0.0886. The van der Waals surface area contributed by atoms with Crippen LogP contribution in [0.25, 0.3) is 0 Å². The number of aryl methyl sites for hydroxylation is 2. The van der Waals surface area contributed by atoms with Gasteiger partial charge in [-0.15, -0.1) is 0 Å². The lowest BCUT2D eigenvalue weighted by Crippen LogP contribution is -2.47. The molecule has 11 nitrogen and oxygen atoms in total. The Kier molecular flexibility index (Phi) is 13.3. The van der Waals surface area contributed by atoms with E-state index in [2.05, 4.69) is 36.7 Å². The zero-order valence-corrected chi connectivity index (χ0v) is 30.7. The van der Waals surface area contributed by atoms with Crippen molar-refractivity contribution < 1.29 is 19.2 Å². The molecule has 4 aromatic carbocycles. The molecule has 0 saturated heterocycles. The lowest BCUT2D eigenvalue weighted by Gasteiger charge is -2.19. The van der Waals surface area contributed by atoms with Crippen molar-refractivity contribution in [2.24, 2.45) is 10.2 Å². The van der Waals surface area contributed by atoms with Crippen LogP contribution in [-0.2, 0) is 22.4 Å². The molecule has 0 radical (unpaired) electrons. The number of carbonyl (C=O) groups is 4. The molecule has 5 rings (SSSR count). The third-order valence-corrected chi connectivity index (χ3v) is 8.68. The first-order valence-electron chi connectivity index (χ1n) is 17.5. The molecule has 0 spiro atoms. The van der Waals surface area contributed by atoms with Gasteiger partial charge in [-0.3, -0.25) is 24.2 Å². The Balaban J connectivity index is 1.30. The van der Waals surface area contributed by atoms with Gasteiger partial charge in [0.05, 0.1) is 22.6 Å². The Hall–Kier alpha value is -6.75. The van der Waals surface area contributed by atoms with E-state index in [4.69, 9.17) is 0 Å². The lowest BCUT2D eigenvalue weighted by molar-refractivity contribution is -0.123. The van der Waals surface area contributed by atoms with Gasteiger partial charge in [-0.25, -0.2) is 10.9 Å². The molecular formula is C43H43N7O4. The minimum atomic E-state index is -1.00. The van der Waals surface area contributed by atoms with E-state index in [1.54, 1.807) is 13.8 Å². The summed E-state index contributed by atoms with van der Waals surface area (Å²) in [6.07, 6.45) is 2.99. The van der Waals surface area contributed by atoms with Gasteiger partial charge in [0.1, 0.15) is 12.1 Å². The molecule has 0 aliphatic carbocycles. The number of pyridine rings is 1. The molecule has 54 heavy (non-hydrogen) atoms. The number of nitrogens with one attached hydrogen (secondary N) is 4. The average Bonchev–Trinajstić information content (AvgIpc) is 3.19. The summed E-state index contributed by atoms with van der Waals surface area (Å²) in [4.78, 5) is 58.2. The second-order valence-electron chi connectivity index (χ2n) is 13.0. The van der Waals surface area contributed by atoms with Crippen LogP contribution in [0.15, 0.2) is 138 Å². The van der Waals surface area contributed by atoms with Gasteiger partial charge in [0.2, 0.25) is 0 Å². The number of rotatable bonds is 14. The van der Waals surface area contributed by atoms with Crippen molar-refractivity contribution >= 4 is 35.1 Å². The van der Waals surface area contributed by atoms with E-state index >= 15 is 0 Å².